The number of hydrogen-bond acceptors (Lipinski definition) is 4. The second-order valence-electron chi connectivity index (χ2n) is 4.54. The van der Waals surface area contributed by atoms with Crippen molar-refractivity contribution >= 4 is 9.84 Å². The van der Waals surface area contributed by atoms with Gasteiger partial charge in [0.1, 0.15) is 5.76 Å². The monoisotopic (exact) mass is 243 g/mol. The Hall–Kier alpha value is -0.810. The summed E-state index contributed by atoms with van der Waals surface area (Å²) in [5.74, 6) is 1.09. The van der Waals surface area contributed by atoms with Crippen LogP contribution in [0.3, 0.4) is 0 Å². The SMILES string of the molecule is CC1CNC(c2ccco2)C(C)S(=O)(=O)C1. The lowest BCUT2D eigenvalue weighted by Crippen LogP contribution is -2.32. The van der Waals surface area contributed by atoms with Crippen molar-refractivity contribution in [3.05, 3.63) is 24.2 Å². The predicted molar refractivity (Wildman–Crippen MR) is 61.9 cm³/mol. The van der Waals surface area contributed by atoms with Gasteiger partial charge in [-0.05, 0) is 31.5 Å². The summed E-state index contributed by atoms with van der Waals surface area (Å²) in [5.41, 5.74) is 0. The summed E-state index contributed by atoms with van der Waals surface area (Å²) in [4.78, 5) is 0. The molecule has 3 unspecified atom stereocenters. The summed E-state index contributed by atoms with van der Waals surface area (Å²) >= 11 is 0. The molecule has 1 fully saturated rings. The average molecular weight is 243 g/mol. The summed E-state index contributed by atoms with van der Waals surface area (Å²) < 4.78 is 29.4. The van der Waals surface area contributed by atoms with E-state index in [1.807, 2.05) is 13.0 Å². The molecule has 2 heterocycles. The van der Waals surface area contributed by atoms with E-state index >= 15 is 0 Å². The van der Waals surface area contributed by atoms with E-state index in [1.54, 1.807) is 19.3 Å². The Balaban J connectivity index is 2.33. The van der Waals surface area contributed by atoms with E-state index in [0.29, 0.717) is 12.3 Å². The van der Waals surface area contributed by atoms with Crippen LogP contribution < -0.4 is 5.32 Å². The second-order valence-corrected chi connectivity index (χ2v) is 6.94. The highest BCUT2D eigenvalue weighted by atomic mass is 32.2. The molecule has 16 heavy (non-hydrogen) atoms. The molecule has 0 amide bonds. The first kappa shape index (κ1) is 11.7. The highest BCUT2D eigenvalue weighted by Crippen LogP contribution is 2.26. The molecule has 2 rings (SSSR count). The number of furan rings is 1. The highest BCUT2D eigenvalue weighted by Gasteiger charge is 2.36. The van der Waals surface area contributed by atoms with Crippen LogP contribution in [0.2, 0.25) is 0 Å². The van der Waals surface area contributed by atoms with Crippen molar-refractivity contribution in [3.63, 3.8) is 0 Å². The van der Waals surface area contributed by atoms with Crippen LogP contribution >= 0.6 is 0 Å². The van der Waals surface area contributed by atoms with Crippen LogP contribution in [-0.2, 0) is 9.84 Å². The Morgan fingerprint density at radius 3 is 2.81 bits per heavy atom. The smallest absolute Gasteiger partial charge is 0.155 e. The van der Waals surface area contributed by atoms with Crippen molar-refractivity contribution in [2.24, 2.45) is 5.92 Å². The quantitative estimate of drug-likeness (QED) is 0.809. The zero-order valence-electron chi connectivity index (χ0n) is 9.51. The Bertz CT molecular complexity index is 438. The molecule has 1 aromatic rings. The Labute approximate surface area is 95.9 Å². The van der Waals surface area contributed by atoms with Gasteiger partial charge in [0.25, 0.3) is 0 Å². The topological polar surface area (TPSA) is 59.3 Å². The van der Waals surface area contributed by atoms with Gasteiger partial charge in [-0.2, -0.15) is 0 Å². The third kappa shape index (κ3) is 2.15. The van der Waals surface area contributed by atoms with Crippen molar-refractivity contribution in [2.45, 2.75) is 25.1 Å². The first-order valence-electron chi connectivity index (χ1n) is 5.49. The fourth-order valence-electron chi connectivity index (χ4n) is 2.11. The minimum absolute atomic E-state index is 0.146. The molecule has 1 N–H and O–H groups in total. The summed E-state index contributed by atoms with van der Waals surface area (Å²) in [6.07, 6.45) is 1.57. The van der Waals surface area contributed by atoms with E-state index in [1.165, 1.54) is 0 Å². The minimum Gasteiger partial charge on any atom is -0.468 e. The number of sulfone groups is 1. The zero-order chi connectivity index (χ0) is 11.8. The van der Waals surface area contributed by atoms with Crippen molar-refractivity contribution in [1.82, 2.24) is 5.32 Å². The van der Waals surface area contributed by atoms with Gasteiger partial charge >= 0.3 is 0 Å². The third-order valence-corrected chi connectivity index (χ3v) is 5.53. The molecule has 5 heteroatoms. The van der Waals surface area contributed by atoms with Gasteiger partial charge in [0.2, 0.25) is 0 Å². The van der Waals surface area contributed by atoms with Crippen LogP contribution in [0, 0.1) is 5.92 Å². The van der Waals surface area contributed by atoms with Gasteiger partial charge in [-0.1, -0.05) is 6.92 Å². The zero-order valence-corrected chi connectivity index (χ0v) is 10.3. The molecule has 0 bridgehead atoms. The van der Waals surface area contributed by atoms with E-state index in [2.05, 4.69) is 5.32 Å². The molecule has 1 aromatic heterocycles. The van der Waals surface area contributed by atoms with Gasteiger partial charge in [-0.25, -0.2) is 8.42 Å². The molecule has 0 saturated carbocycles. The normalized spacial score (nSPS) is 34.5. The summed E-state index contributed by atoms with van der Waals surface area (Å²) in [7, 11) is -3.04. The molecule has 1 aliphatic rings. The van der Waals surface area contributed by atoms with Gasteiger partial charge in [-0.15, -0.1) is 0 Å². The molecule has 1 saturated heterocycles. The van der Waals surface area contributed by atoms with Gasteiger partial charge in [0.15, 0.2) is 9.84 Å². The van der Waals surface area contributed by atoms with E-state index < -0.39 is 15.1 Å². The first-order chi connectivity index (χ1) is 7.50. The first-order valence-corrected chi connectivity index (χ1v) is 7.20. The Morgan fingerprint density at radius 2 is 2.19 bits per heavy atom. The number of rotatable bonds is 1. The lowest BCUT2D eigenvalue weighted by Gasteiger charge is -2.19. The van der Waals surface area contributed by atoms with Crippen molar-refractivity contribution in [1.29, 1.82) is 0 Å². The van der Waals surface area contributed by atoms with Gasteiger partial charge in [-0.3, -0.25) is 0 Å². The molecule has 90 valence electrons. The maximum Gasteiger partial charge on any atom is 0.155 e. The molecule has 0 spiro atoms. The van der Waals surface area contributed by atoms with Crippen molar-refractivity contribution < 1.29 is 12.8 Å². The Kier molecular flexibility index (Phi) is 3.08. The molecule has 1 aliphatic heterocycles. The van der Waals surface area contributed by atoms with Crippen LogP contribution in [0.1, 0.15) is 25.6 Å². The van der Waals surface area contributed by atoms with Crippen LogP contribution in [-0.4, -0.2) is 26.0 Å². The maximum absolute atomic E-state index is 12.0. The van der Waals surface area contributed by atoms with Gasteiger partial charge in [0, 0.05) is 0 Å². The summed E-state index contributed by atoms with van der Waals surface area (Å²) in [6, 6.07) is 3.37. The largest absolute Gasteiger partial charge is 0.468 e. The predicted octanol–water partition coefficient (Wildman–Crippen LogP) is 1.36. The maximum atomic E-state index is 12.0. The number of hydrogen-bond donors (Lipinski definition) is 1. The van der Waals surface area contributed by atoms with Gasteiger partial charge in [0.05, 0.1) is 23.3 Å². The van der Waals surface area contributed by atoms with Crippen LogP contribution in [0.4, 0.5) is 0 Å². The minimum atomic E-state index is -3.04. The Morgan fingerprint density at radius 1 is 1.44 bits per heavy atom. The summed E-state index contributed by atoms with van der Waals surface area (Å²) in [6.45, 7) is 4.39. The molecular formula is C11H17NO3S. The van der Waals surface area contributed by atoms with E-state index in [4.69, 9.17) is 4.42 Å². The summed E-state index contributed by atoms with van der Waals surface area (Å²) in [5, 5.41) is 2.83. The van der Waals surface area contributed by atoms with Crippen LogP contribution in [0.15, 0.2) is 22.8 Å². The van der Waals surface area contributed by atoms with Gasteiger partial charge < -0.3 is 9.73 Å². The van der Waals surface area contributed by atoms with E-state index in [0.717, 1.165) is 0 Å². The van der Waals surface area contributed by atoms with Crippen molar-refractivity contribution in [3.8, 4) is 0 Å². The average Bonchev–Trinajstić information content (AvgIpc) is 2.67. The fourth-order valence-corrected chi connectivity index (χ4v) is 3.97. The third-order valence-electron chi connectivity index (χ3n) is 3.09. The fraction of sp³-hybridized carbons (Fsp3) is 0.636. The molecule has 4 nitrogen and oxygen atoms in total. The number of nitrogens with one attached hydrogen (secondary N) is 1. The second kappa shape index (κ2) is 4.22. The molecule has 0 radical (unpaired) electrons. The van der Waals surface area contributed by atoms with Crippen molar-refractivity contribution in [2.75, 3.05) is 12.3 Å². The molecular weight excluding hydrogens is 226 g/mol. The van der Waals surface area contributed by atoms with Crippen LogP contribution in [0.25, 0.3) is 0 Å². The van der Waals surface area contributed by atoms with E-state index in [9.17, 15) is 8.42 Å². The molecule has 0 aliphatic carbocycles. The molecule has 3 atom stereocenters. The van der Waals surface area contributed by atoms with Crippen LogP contribution in [0.5, 0.6) is 0 Å². The lowest BCUT2D eigenvalue weighted by molar-refractivity contribution is 0.398. The van der Waals surface area contributed by atoms with E-state index in [-0.39, 0.29) is 17.7 Å². The lowest BCUT2D eigenvalue weighted by atomic mass is 10.1. The highest BCUT2D eigenvalue weighted by molar-refractivity contribution is 7.92. The standard InChI is InChI=1S/C11H17NO3S/c1-8-6-12-11(10-4-3-5-15-10)9(2)16(13,14)7-8/h3-5,8-9,11-12H,6-7H2,1-2H3. The molecule has 0 aromatic carbocycles.